The average molecular weight is 313 g/mol. The monoisotopic (exact) mass is 313 g/mol. The van der Waals surface area contributed by atoms with Crippen LogP contribution in [-0.4, -0.2) is 50.4 Å². The van der Waals surface area contributed by atoms with E-state index in [1.807, 2.05) is 35.2 Å². The van der Waals surface area contributed by atoms with E-state index in [-0.39, 0.29) is 17.9 Å². The van der Waals surface area contributed by atoms with Crippen LogP contribution in [0, 0.1) is 0 Å². The van der Waals surface area contributed by atoms with Crippen molar-refractivity contribution in [3.63, 3.8) is 0 Å². The average Bonchev–Trinajstić information content (AvgIpc) is 2.44. The lowest BCUT2D eigenvalue weighted by Gasteiger charge is -2.21. The van der Waals surface area contributed by atoms with Crippen LogP contribution in [0.25, 0.3) is 0 Å². The molecule has 1 aromatic rings. The molecule has 1 amide bonds. The second-order valence-electron chi connectivity index (χ2n) is 4.92. The molecule has 0 saturated carbocycles. The highest BCUT2D eigenvalue weighted by Crippen LogP contribution is 2.05. The van der Waals surface area contributed by atoms with Crippen molar-refractivity contribution in [2.24, 2.45) is 11.5 Å². The predicted octanol–water partition coefficient (Wildman–Crippen LogP) is -0.262. The first-order valence-corrected chi connectivity index (χ1v) is 8.70. The topological polar surface area (TPSA) is 106 Å². The van der Waals surface area contributed by atoms with Crippen molar-refractivity contribution in [3.8, 4) is 0 Å². The summed E-state index contributed by atoms with van der Waals surface area (Å²) in [6, 6.07) is 9.81. The Labute approximate surface area is 126 Å². The summed E-state index contributed by atoms with van der Waals surface area (Å²) in [5.41, 5.74) is 11.7. The van der Waals surface area contributed by atoms with Crippen molar-refractivity contribution in [2.75, 3.05) is 31.1 Å². The molecule has 0 spiro atoms. The number of hydrogen-bond donors (Lipinski definition) is 2. The number of hydrogen-bond acceptors (Lipinski definition) is 5. The van der Waals surface area contributed by atoms with Crippen LogP contribution >= 0.6 is 0 Å². The fourth-order valence-electron chi connectivity index (χ4n) is 1.92. The lowest BCUT2D eigenvalue weighted by atomic mass is 10.2. The van der Waals surface area contributed by atoms with Gasteiger partial charge in [-0.05, 0) is 5.56 Å². The van der Waals surface area contributed by atoms with Gasteiger partial charge in [0.15, 0.2) is 9.84 Å². The number of rotatable bonds is 10. The lowest BCUT2D eigenvalue weighted by Crippen LogP contribution is -2.34. The molecular formula is C14H23N3O3S. The Morgan fingerprint density at radius 3 is 2.33 bits per heavy atom. The Morgan fingerprint density at radius 2 is 1.76 bits per heavy atom. The standard InChI is InChI=1S/C14H23N3O3S/c15-7-8-17(12-13-4-2-1-3-5-13)9-11-21(19,20)10-6-14(16)18/h1-5H,6-12,15H2,(H2,16,18). The van der Waals surface area contributed by atoms with Gasteiger partial charge < -0.3 is 11.5 Å². The highest BCUT2D eigenvalue weighted by Gasteiger charge is 2.15. The molecule has 0 aromatic heterocycles. The molecular weight excluding hydrogens is 290 g/mol. The highest BCUT2D eigenvalue weighted by atomic mass is 32.2. The number of nitrogens with two attached hydrogens (primary N) is 2. The van der Waals surface area contributed by atoms with Crippen molar-refractivity contribution >= 4 is 15.7 Å². The first-order chi connectivity index (χ1) is 9.93. The van der Waals surface area contributed by atoms with E-state index in [4.69, 9.17) is 11.5 Å². The van der Waals surface area contributed by atoms with Crippen LogP contribution in [0.4, 0.5) is 0 Å². The normalized spacial score (nSPS) is 11.7. The number of nitrogens with zero attached hydrogens (tertiary/aromatic N) is 1. The number of sulfone groups is 1. The highest BCUT2D eigenvalue weighted by molar-refractivity contribution is 7.91. The maximum Gasteiger partial charge on any atom is 0.218 e. The smallest absolute Gasteiger partial charge is 0.218 e. The fourth-order valence-corrected chi connectivity index (χ4v) is 3.17. The predicted molar refractivity (Wildman–Crippen MR) is 83.2 cm³/mol. The Balaban J connectivity index is 2.52. The van der Waals surface area contributed by atoms with E-state index in [0.717, 1.165) is 5.56 Å². The Kier molecular flexibility index (Phi) is 7.35. The molecule has 0 saturated heterocycles. The summed E-state index contributed by atoms with van der Waals surface area (Å²) in [4.78, 5) is 12.7. The summed E-state index contributed by atoms with van der Waals surface area (Å²) in [5, 5.41) is 0. The molecule has 21 heavy (non-hydrogen) atoms. The molecule has 4 N–H and O–H groups in total. The zero-order chi connectivity index (χ0) is 15.7. The van der Waals surface area contributed by atoms with E-state index in [0.29, 0.717) is 26.2 Å². The zero-order valence-corrected chi connectivity index (χ0v) is 12.9. The third-order valence-electron chi connectivity index (χ3n) is 3.07. The summed E-state index contributed by atoms with van der Waals surface area (Å²) in [7, 11) is -3.27. The molecule has 1 rings (SSSR count). The second kappa shape index (κ2) is 8.76. The maximum absolute atomic E-state index is 11.8. The number of carbonyl (C=O) groups excluding carboxylic acids is 1. The van der Waals surface area contributed by atoms with Crippen LogP contribution in [-0.2, 0) is 21.2 Å². The minimum Gasteiger partial charge on any atom is -0.370 e. The first-order valence-electron chi connectivity index (χ1n) is 6.88. The summed E-state index contributed by atoms with van der Waals surface area (Å²) < 4.78 is 23.7. The third kappa shape index (κ3) is 7.79. The number of carbonyl (C=O) groups is 1. The van der Waals surface area contributed by atoms with E-state index in [1.165, 1.54) is 0 Å². The van der Waals surface area contributed by atoms with Crippen molar-refractivity contribution in [2.45, 2.75) is 13.0 Å². The molecule has 0 aliphatic carbocycles. The summed E-state index contributed by atoms with van der Waals surface area (Å²) in [5.74, 6) is -0.779. The van der Waals surface area contributed by atoms with Crippen molar-refractivity contribution in [1.82, 2.24) is 4.90 Å². The molecule has 0 unspecified atom stereocenters. The molecule has 7 heteroatoms. The van der Waals surface area contributed by atoms with E-state index >= 15 is 0 Å². The minimum atomic E-state index is -3.27. The molecule has 0 aliphatic heterocycles. The summed E-state index contributed by atoms with van der Waals surface area (Å²) in [6.45, 7) is 2.14. The molecule has 1 aromatic carbocycles. The van der Waals surface area contributed by atoms with Crippen LogP contribution < -0.4 is 11.5 Å². The molecule has 0 atom stereocenters. The zero-order valence-electron chi connectivity index (χ0n) is 12.1. The van der Waals surface area contributed by atoms with Gasteiger partial charge in [0, 0.05) is 32.6 Å². The summed E-state index contributed by atoms with van der Waals surface area (Å²) >= 11 is 0. The van der Waals surface area contributed by atoms with Gasteiger partial charge in [-0.15, -0.1) is 0 Å². The van der Waals surface area contributed by atoms with Crippen LogP contribution in [0.3, 0.4) is 0 Å². The third-order valence-corrected chi connectivity index (χ3v) is 4.70. The largest absolute Gasteiger partial charge is 0.370 e. The SMILES string of the molecule is NCCN(CCS(=O)(=O)CCC(N)=O)Cc1ccccc1. The van der Waals surface area contributed by atoms with Crippen LogP contribution in [0.1, 0.15) is 12.0 Å². The molecule has 6 nitrogen and oxygen atoms in total. The van der Waals surface area contributed by atoms with Gasteiger partial charge in [-0.2, -0.15) is 0 Å². The van der Waals surface area contributed by atoms with Crippen LogP contribution in [0.2, 0.25) is 0 Å². The van der Waals surface area contributed by atoms with Crippen LogP contribution in [0.15, 0.2) is 30.3 Å². The minimum absolute atomic E-state index is 0.00706. The van der Waals surface area contributed by atoms with Gasteiger partial charge in [0.05, 0.1) is 11.5 Å². The molecule has 0 fully saturated rings. The number of amides is 1. The quantitative estimate of drug-likeness (QED) is 0.619. The van der Waals surface area contributed by atoms with Gasteiger partial charge in [0.25, 0.3) is 0 Å². The van der Waals surface area contributed by atoms with E-state index in [2.05, 4.69) is 0 Å². The number of benzene rings is 1. The van der Waals surface area contributed by atoms with Crippen molar-refractivity contribution < 1.29 is 13.2 Å². The van der Waals surface area contributed by atoms with E-state index in [1.54, 1.807) is 0 Å². The van der Waals surface area contributed by atoms with Gasteiger partial charge in [-0.25, -0.2) is 8.42 Å². The van der Waals surface area contributed by atoms with Gasteiger partial charge in [0.1, 0.15) is 0 Å². The van der Waals surface area contributed by atoms with Crippen molar-refractivity contribution in [3.05, 3.63) is 35.9 Å². The van der Waals surface area contributed by atoms with E-state index < -0.39 is 15.7 Å². The lowest BCUT2D eigenvalue weighted by molar-refractivity contribution is -0.117. The van der Waals surface area contributed by atoms with Gasteiger partial charge in [-0.3, -0.25) is 9.69 Å². The van der Waals surface area contributed by atoms with Crippen molar-refractivity contribution in [1.29, 1.82) is 0 Å². The molecule has 0 radical (unpaired) electrons. The number of primary amides is 1. The Hall–Kier alpha value is -1.44. The fraction of sp³-hybridized carbons (Fsp3) is 0.500. The molecule has 0 bridgehead atoms. The van der Waals surface area contributed by atoms with Gasteiger partial charge in [0.2, 0.25) is 5.91 Å². The molecule has 0 heterocycles. The van der Waals surface area contributed by atoms with Gasteiger partial charge in [-0.1, -0.05) is 30.3 Å². The molecule has 0 aliphatic rings. The Bertz CT molecular complexity index is 532. The second-order valence-corrected chi connectivity index (χ2v) is 7.22. The van der Waals surface area contributed by atoms with Crippen LogP contribution in [0.5, 0.6) is 0 Å². The summed E-state index contributed by atoms with van der Waals surface area (Å²) in [6.07, 6.45) is -0.127. The van der Waals surface area contributed by atoms with Gasteiger partial charge >= 0.3 is 0 Å². The first kappa shape index (κ1) is 17.6. The molecule has 118 valence electrons. The Morgan fingerprint density at radius 1 is 1.10 bits per heavy atom. The maximum atomic E-state index is 11.8. The van der Waals surface area contributed by atoms with E-state index in [9.17, 15) is 13.2 Å².